The fraction of sp³-hybridized carbons (Fsp3) is 0.909. The molecule has 0 aromatic carbocycles. The number of hydrogen-bond acceptors (Lipinski definition) is 2. The zero-order valence-electron chi connectivity index (χ0n) is 9.97. The van der Waals surface area contributed by atoms with E-state index in [1.807, 2.05) is 0 Å². The van der Waals surface area contributed by atoms with Crippen LogP contribution in [0.5, 0.6) is 0 Å². The highest BCUT2D eigenvalue weighted by Crippen LogP contribution is 2.13. The van der Waals surface area contributed by atoms with Crippen LogP contribution in [0.2, 0.25) is 19.6 Å². The second-order valence-corrected chi connectivity index (χ2v) is 9.16. The summed E-state index contributed by atoms with van der Waals surface area (Å²) in [5.74, 6) is 0. The average molecular weight is 213 g/mol. The quantitative estimate of drug-likeness (QED) is 0.477. The maximum atomic E-state index is 8.89. The Kier molecular flexibility index (Phi) is 6.86. The second-order valence-electron chi connectivity index (χ2n) is 4.70. The van der Waals surface area contributed by atoms with Crippen LogP contribution in [0.15, 0.2) is 0 Å². The summed E-state index contributed by atoms with van der Waals surface area (Å²) < 4.78 is 5.74. The standard InChI is InChI=1S/C11H23NOSi/c1-5-6-7-8-9-11(10-12)13-14(2,3)4/h11H,5-9H2,1-4H3. The van der Waals surface area contributed by atoms with Gasteiger partial charge in [0.2, 0.25) is 0 Å². The van der Waals surface area contributed by atoms with E-state index in [-0.39, 0.29) is 6.10 Å². The van der Waals surface area contributed by atoms with Gasteiger partial charge in [-0.2, -0.15) is 5.26 Å². The topological polar surface area (TPSA) is 33.0 Å². The van der Waals surface area contributed by atoms with Crippen LogP contribution in [0.3, 0.4) is 0 Å². The van der Waals surface area contributed by atoms with Gasteiger partial charge in [0.15, 0.2) is 8.32 Å². The molecule has 3 heteroatoms. The summed E-state index contributed by atoms with van der Waals surface area (Å²) in [7, 11) is -1.53. The maximum absolute atomic E-state index is 8.89. The summed E-state index contributed by atoms with van der Waals surface area (Å²) in [6.07, 6.45) is 5.59. The van der Waals surface area contributed by atoms with Crippen molar-refractivity contribution in [1.29, 1.82) is 5.26 Å². The Bertz CT molecular complexity index is 181. The zero-order valence-corrected chi connectivity index (χ0v) is 11.0. The van der Waals surface area contributed by atoms with Gasteiger partial charge in [0.1, 0.15) is 6.10 Å². The molecule has 0 saturated carbocycles. The first-order valence-electron chi connectivity index (χ1n) is 5.57. The number of nitriles is 1. The van der Waals surface area contributed by atoms with E-state index < -0.39 is 8.32 Å². The van der Waals surface area contributed by atoms with Gasteiger partial charge in [-0.25, -0.2) is 0 Å². The van der Waals surface area contributed by atoms with Crippen molar-refractivity contribution in [3.63, 3.8) is 0 Å². The summed E-state index contributed by atoms with van der Waals surface area (Å²) >= 11 is 0. The highest BCUT2D eigenvalue weighted by Gasteiger charge is 2.20. The van der Waals surface area contributed by atoms with Crippen LogP contribution in [0.25, 0.3) is 0 Å². The minimum absolute atomic E-state index is 0.168. The van der Waals surface area contributed by atoms with Crippen molar-refractivity contribution in [2.24, 2.45) is 0 Å². The molecule has 0 aromatic heterocycles. The Balaban J connectivity index is 3.66. The lowest BCUT2D eigenvalue weighted by atomic mass is 10.1. The lowest BCUT2D eigenvalue weighted by Crippen LogP contribution is -2.31. The Morgan fingerprint density at radius 3 is 2.29 bits per heavy atom. The van der Waals surface area contributed by atoms with E-state index >= 15 is 0 Å². The van der Waals surface area contributed by atoms with Crippen molar-refractivity contribution >= 4 is 8.32 Å². The molecule has 0 amide bonds. The number of unbranched alkanes of at least 4 members (excludes halogenated alkanes) is 3. The molecule has 0 radical (unpaired) electrons. The van der Waals surface area contributed by atoms with Gasteiger partial charge in [0.25, 0.3) is 0 Å². The molecule has 1 atom stereocenters. The Morgan fingerprint density at radius 1 is 1.21 bits per heavy atom. The molecule has 0 aliphatic heterocycles. The minimum atomic E-state index is -1.53. The number of nitrogens with zero attached hydrogens (tertiary/aromatic N) is 1. The molecule has 0 rings (SSSR count). The normalized spacial score (nSPS) is 13.6. The molecule has 0 aliphatic carbocycles. The van der Waals surface area contributed by atoms with Crippen molar-refractivity contribution < 1.29 is 4.43 Å². The third kappa shape index (κ3) is 8.27. The Labute approximate surface area is 89.4 Å². The van der Waals surface area contributed by atoms with Crippen LogP contribution < -0.4 is 0 Å². The van der Waals surface area contributed by atoms with Crippen LogP contribution in [0.4, 0.5) is 0 Å². The van der Waals surface area contributed by atoms with Gasteiger partial charge in [0, 0.05) is 0 Å². The number of rotatable bonds is 7. The predicted octanol–water partition coefficient (Wildman–Crippen LogP) is 3.70. The molecule has 1 unspecified atom stereocenters. The van der Waals surface area contributed by atoms with Crippen molar-refractivity contribution in [3.8, 4) is 6.07 Å². The van der Waals surface area contributed by atoms with E-state index in [1.54, 1.807) is 0 Å². The first-order valence-corrected chi connectivity index (χ1v) is 8.98. The largest absolute Gasteiger partial charge is 0.402 e. The van der Waals surface area contributed by atoms with Crippen LogP contribution in [-0.4, -0.2) is 14.4 Å². The predicted molar refractivity (Wildman–Crippen MR) is 62.6 cm³/mol. The lowest BCUT2D eigenvalue weighted by molar-refractivity contribution is 0.233. The van der Waals surface area contributed by atoms with Gasteiger partial charge in [0.05, 0.1) is 6.07 Å². The summed E-state index contributed by atoms with van der Waals surface area (Å²) in [6.45, 7) is 8.58. The van der Waals surface area contributed by atoms with E-state index in [0.717, 1.165) is 12.8 Å². The molecule has 0 saturated heterocycles. The van der Waals surface area contributed by atoms with Gasteiger partial charge in [-0.15, -0.1) is 0 Å². The third-order valence-electron chi connectivity index (χ3n) is 1.96. The molecule has 0 spiro atoms. The van der Waals surface area contributed by atoms with Gasteiger partial charge >= 0.3 is 0 Å². The van der Waals surface area contributed by atoms with Gasteiger partial charge in [-0.05, 0) is 32.5 Å². The molecular formula is C11H23NOSi. The number of hydrogen-bond donors (Lipinski definition) is 0. The van der Waals surface area contributed by atoms with Gasteiger partial charge in [-0.3, -0.25) is 0 Å². The first-order chi connectivity index (χ1) is 6.49. The maximum Gasteiger partial charge on any atom is 0.185 e. The first kappa shape index (κ1) is 13.7. The van der Waals surface area contributed by atoms with Crippen molar-refractivity contribution in [1.82, 2.24) is 0 Å². The van der Waals surface area contributed by atoms with Gasteiger partial charge in [-0.1, -0.05) is 26.2 Å². The molecule has 0 bridgehead atoms. The molecule has 0 fully saturated rings. The second kappa shape index (κ2) is 7.02. The molecule has 2 nitrogen and oxygen atoms in total. The lowest BCUT2D eigenvalue weighted by Gasteiger charge is -2.21. The van der Waals surface area contributed by atoms with Crippen LogP contribution in [-0.2, 0) is 4.43 Å². The minimum Gasteiger partial charge on any atom is -0.402 e. The highest BCUT2D eigenvalue weighted by molar-refractivity contribution is 6.69. The molecule has 82 valence electrons. The van der Waals surface area contributed by atoms with Crippen LogP contribution >= 0.6 is 0 Å². The SMILES string of the molecule is CCCCCCC(C#N)O[Si](C)(C)C. The summed E-state index contributed by atoms with van der Waals surface area (Å²) in [4.78, 5) is 0. The van der Waals surface area contributed by atoms with E-state index in [4.69, 9.17) is 9.69 Å². The monoisotopic (exact) mass is 213 g/mol. The average Bonchev–Trinajstić information content (AvgIpc) is 2.08. The molecule has 0 N–H and O–H groups in total. The van der Waals surface area contributed by atoms with E-state index in [2.05, 4.69) is 32.6 Å². The molecule has 14 heavy (non-hydrogen) atoms. The molecule has 0 aromatic rings. The van der Waals surface area contributed by atoms with E-state index in [1.165, 1.54) is 19.3 Å². The molecular weight excluding hydrogens is 190 g/mol. The van der Waals surface area contributed by atoms with Crippen molar-refractivity contribution in [2.45, 2.75) is 64.8 Å². The van der Waals surface area contributed by atoms with E-state index in [0.29, 0.717) is 0 Å². The fourth-order valence-corrected chi connectivity index (χ4v) is 2.36. The van der Waals surface area contributed by atoms with Crippen LogP contribution in [0.1, 0.15) is 39.0 Å². The third-order valence-corrected chi connectivity index (χ3v) is 2.95. The molecule has 0 aliphatic rings. The highest BCUT2D eigenvalue weighted by atomic mass is 28.4. The van der Waals surface area contributed by atoms with Gasteiger partial charge < -0.3 is 4.43 Å². The van der Waals surface area contributed by atoms with Crippen molar-refractivity contribution in [2.75, 3.05) is 0 Å². The fourth-order valence-electron chi connectivity index (χ4n) is 1.33. The zero-order chi connectivity index (χ0) is 11.0. The van der Waals surface area contributed by atoms with E-state index in [9.17, 15) is 0 Å². The Hall–Kier alpha value is -0.333. The molecule has 0 heterocycles. The summed E-state index contributed by atoms with van der Waals surface area (Å²) in [5, 5.41) is 8.89. The Morgan fingerprint density at radius 2 is 1.86 bits per heavy atom. The summed E-state index contributed by atoms with van der Waals surface area (Å²) in [6, 6.07) is 2.25. The summed E-state index contributed by atoms with van der Waals surface area (Å²) in [5.41, 5.74) is 0. The van der Waals surface area contributed by atoms with Crippen molar-refractivity contribution in [3.05, 3.63) is 0 Å². The smallest absolute Gasteiger partial charge is 0.185 e. The van der Waals surface area contributed by atoms with Crippen LogP contribution in [0, 0.1) is 11.3 Å².